The van der Waals surface area contributed by atoms with Gasteiger partial charge in [-0.3, -0.25) is 19.0 Å². The predicted molar refractivity (Wildman–Crippen MR) is 131 cm³/mol. The van der Waals surface area contributed by atoms with Crippen molar-refractivity contribution >= 4 is 40.1 Å². The SMILES string of the molecule is O=C1C[C@@H](c2ccccc2OCc2ccccc2Cl)c2c(n3c(nc4ccccc43)[nH]c2=O)N1. The van der Waals surface area contributed by atoms with Gasteiger partial charge in [0.25, 0.3) is 5.56 Å². The normalized spacial score (nSPS) is 15.3. The van der Waals surface area contributed by atoms with Crippen LogP contribution in [-0.4, -0.2) is 20.3 Å². The Bertz CT molecular complexity index is 1640. The van der Waals surface area contributed by atoms with Crippen LogP contribution in [0.4, 0.5) is 5.82 Å². The third-order valence-electron chi connectivity index (χ3n) is 6.14. The Morgan fingerprint density at radius 1 is 1.00 bits per heavy atom. The van der Waals surface area contributed by atoms with Crippen molar-refractivity contribution in [3.63, 3.8) is 0 Å². The zero-order valence-corrected chi connectivity index (χ0v) is 18.7. The Balaban J connectivity index is 1.49. The quantitative estimate of drug-likeness (QED) is 0.391. The zero-order valence-electron chi connectivity index (χ0n) is 17.9. The van der Waals surface area contributed by atoms with Crippen molar-refractivity contribution in [3.8, 4) is 5.75 Å². The van der Waals surface area contributed by atoms with Crippen LogP contribution in [0, 0.1) is 0 Å². The van der Waals surface area contributed by atoms with Crippen LogP contribution in [0.5, 0.6) is 5.75 Å². The highest BCUT2D eigenvalue weighted by Crippen LogP contribution is 2.40. The summed E-state index contributed by atoms with van der Waals surface area (Å²) in [5, 5.41) is 3.53. The Labute approximate surface area is 199 Å². The lowest BCUT2D eigenvalue weighted by Gasteiger charge is -2.27. The van der Waals surface area contributed by atoms with Crippen LogP contribution in [0.25, 0.3) is 16.8 Å². The van der Waals surface area contributed by atoms with E-state index in [0.29, 0.717) is 27.9 Å². The maximum atomic E-state index is 13.3. The Hall–Kier alpha value is -4.10. The Morgan fingerprint density at radius 3 is 2.65 bits per heavy atom. The molecular formula is C26H19ClN4O3. The molecular weight excluding hydrogens is 452 g/mol. The van der Waals surface area contributed by atoms with E-state index in [9.17, 15) is 9.59 Å². The summed E-state index contributed by atoms with van der Waals surface area (Å²) in [5.41, 5.74) is 3.33. The van der Waals surface area contributed by atoms with Gasteiger partial charge < -0.3 is 10.1 Å². The van der Waals surface area contributed by atoms with Crippen molar-refractivity contribution in [2.75, 3.05) is 5.32 Å². The first-order valence-electron chi connectivity index (χ1n) is 10.9. The number of benzene rings is 3. The molecule has 1 aliphatic rings. The highest BCUT2D eigenvalue weighted by Gasteiger charge is 2.33. The molecule has 2 N–H and O–H groups in total. The summed E-state index contributed by atoms with van der Waals surface area (Å²) in [4.78, 5) is 33.5. The molecule has 0 spiro atoms. The number of imidazole rings is 1. The lowest BCUT2D eigenvalue weighted by Crippen LogP contribution is -2.32. The smallest absolute Gasteiger partial charge is 0.258 e. The predicted octanol–water partition coefficient (Wildman–Crippen LogP) is 4.88. The third kappa shape index (κ3) is 3.33. The molecule has 3 heterocycles. The molecule has 2 aromatic heterocycles. The number of nitrogens with zero attached hydrogens (tertiary/aromatic N) is 2. The van der Waals surface area contributed by atoms with Gasteiger partial charge in [0, 0.05) is 28.5 Å². The van der Waals surface area contributed by atoms with Gasteiger partial charge in [0.2, 0.25) is 11.7 Å². The lowest BCUT2D eigenvalue weighted by molar-refractivity contribution is -0.116. The number of carbonyl (C=O) groups excluding carboxylic acids is 1. The number of H-pyrrole nitrogens is 1. The van der Waals surface area contributed by atoms with Crippen molar-refractivity contribution in [2.45, 2.75) is 18.9 Å². The summed E-state index contributed by atoms with van der Waals surface area (Å²) >= 11 is 6.29. The van der Waals surface area contributed by atoms with Gasteiger partial charge in [0.1, 0.15) is 18.2 Å². The maximum absolute atomic E-state index is 13.3. The molecule has 0 radical (unpaired) electrons. The van der Waals surface area contributed by atoms with Crippen LogP contribution in [-0.2, 0) is 11.4 Å². The van der Waals surface area contributed by atoms with E-state index in [1.165, 1.54) is 0 Å². The zero-order chi connectivity index (χ0) is 23.2. The molecule has 0 unspecified atom stereocenters. The summed E-state index contributed by atoms with van der Waals surface area (Å²) in [5.74, 6) is 0.760. The number of amides is 1. The fraction of sp³-hybridized carbons (Fsp3) is 0.115. The standard InChI is InChI=1S/C26H19ClN4O3/c27-18-9-3-1-7-15(18)14-34-21-12-6-2-8-16(21)17-13-22(32)29-24-23(17)25(33)30-26-28-19-10-4-5-11-20(19)31(24)26/h1-12,17H,13-14H2,(H,29,32)(H,28,30,33)/t17-/m0/s1. The molecule has 3 aromatic carbocycles. The first-order valence-corrected chi connectivity index (χ1v) is 11.3. The van der Waals surface area contributed by atoms with Gasteiger partial charge in [-0.15, -0.1) is 0 Å². The number of hydrogen-bond donors (Lipinski definition) is 2. The van der Waals surface area contributed by atoms with Crippen LogP contribution >= 0.6 is 11.6 Å². The number of aromatic nitrogens is 3. The van der Waals surface area contributed by atoms with Crippen LogP contribution < -0.4 is 15.6 Å². The number of anilines is 1. The van der Waals surface area contributed by atoms with Crippen molar-refractivity contribution in [1.29, 1.82) is 0 Å². The average Bonchev–Trinajstić information content (AvgIpc) is 3.21. The number of ether oxygens (including phenoxy) is 1. The fourth-order valence-electron chi connectivity index (χ4n) is 4.59. The van der Waals surface area contributed by atoms with E-state index in [0.717, 1.165) is 22.2 Å². The van der Waals surface area contributed by atoms with E-state index in [4.69, 9.17) is 16.3 Å². The Kier molecular flexibility index (Phi) is 4.85. The number of para-hydroxylation sites is 3. The van der Waals surface area contributed by atoms with Crippen molar-refractivity contribution < 1.29 is 9.53 Å². The van der Waals surface area contributed by atoms with Gasteiger partial charge in [-0.1, -0.05) is 60.1 Å². The Morgan fingerprint density at radius 2 is 1.76 bits per heavy atom. The van der Waals surface area contributed by atoms with Crippen LogP contribution in [0.3, 0.4) is 0 Å². The van der Waals surface area contributed by atoms with E-state index in [1.807, 2.05) is 72.8 Å². The monoisotopic (exact) mass is 470 g/mol. The van der Waals surface area contributed by atoms with Gasteiger partial charge in [-0.25, -0.2) is 4.98 Å². The van der Waals surface area contributed by atoms with E-state index in [1.54, 1.807) is 4.40 Å². The van der Waals surface area contributed by atoms with E-state index < -0.39 is 5.92 Å². The third-order valence-corrected chi connectivity index (χ3v) is 6.51. The second-order valence-corrected chi connectivity index (χ2v) is 8.61. The molecule has 7 nitrogen and oxygen atoms in total. The molecule has 8 heteroatoms. The largest absolute Gasteiger partial charge is 0.489 e. The second-order valence-electron chi connectivity index (χ2n) is 8.20. The number of hydrogen-bond acceptors (Lipinski definition) is 4. The topological polar surface area (TPSA) is 88.5 Å². The van der Waals surface area contributed by atoms with Gasteiger partial charge >= 0.3 is 0 Å². The van der Waals surface area contributed by atoms with Crippen molar-refractivity contribution in [3.05, 3.63) is 105 Å². The molecule has 0 fully saturated rings. The van der Waals surface area contributed by atoms with Crippen LogP contribution in [0.1, 0.15) is 29.0 Å². The molecule has 168 valence electrons. The molecule has 1 atom stereocenters. The highest BCUT2D eigenvalue weighted by molar-refractivity contribution is 6.31. The van der Waals surface area contributed by atoms with Crippen LogP contribution in [0.15, 0.2) is 77.6 Å². The molecule has 6 rings (SSSR count). The summed E-state index contributed by atoms with van der Waals surface area (Å²) in [7, 11) is 0. The summed E-state index contributed by atoms with van der Waals surface area (Å²) in [6.45, 7) is 0.268. The second kappa shape index (κ2) is 8.04. The number of aromatic amines is 1. The molecule has 34 heavy (non-hydrogen) atoms. The molecule has 1 aliphatic heterocycles. The highest BCUT2D eigenvalue weighted by atomic mass is 35.5. The summed E-state index contributed by atoms with van der Waals surface area (Å²) < 4.78 is 7.94. The van der Waals surface area contributed by atoms with E-state index >= 15 is 0 Å². The van der Waals surface area contributed by atoms with Crippen molar-refractivity contribution in [2.24, 2.45) is 0 Å². The number of carbonyl (C=O) groups is 1. The maximum Gasteiger partial charge on any atom is 0.258 e. The first kappa shape index (κ1) is 20.5. The first-order chi connectivity index (χ1) is 16.6. The molecule has 5 aromatic rings. The molecule has 0 aliphatic carbocycles. The fourth-order valence-corrected chi connectivity index (χ4v) is 4.78. The minimum Gasteiger partial charge on any atom is -0.489 e. The van der Waals surface area contributed by atoms with E-state index in [2.05, 4.69) is 15.3 Å². The minimum absolute atomic E-state index is 0.126. The summed E-state index contributed by atoms with van der Waals surface area (Å²) in [6.07, 6.45) is 0.126. The number of nitrogens with one attached hydrogen (secondary N) is 2. The number of rotatable bonds is 4. The average molecular weight is 471 g/mol. The molecule has 1 amide bonds. The van der Waals surface area contributed by atoms with Gasteiger partial charge in [-0.05, 0) is 24.3 Å². The lowest BCUT2D eigenvalue weighted by atomic mass is 9.86. The van der Waals surface area contributed by atoms with Crippen molar-refractivity contribution in [1.82, 2.24) is 14.4 Å². The number of halogens is 1. The van der Waals surface area contributed by atoms with Gasteiger partial charge in [0.15, 0.2) is 0 Å². The van der Waals surface area contributed by atoms with E-state index in [-0.39, 0.29) is 24.5 Å². The number of fused-ring (bicyclic) bond motifs is 5. The summed E-state index contributed by atoms with van der Waals surface area (Å²) in [6, 6.07) is 22.5. The molecule has 0 saturated heterocycles. The minimum atomic E-state index is -0.486. The molecule has 0 bridgehead atoms. The molecule has 0 saturated carbocycles. The van der Waals surface area contributed by atoms with Crippen LogP contribution in [0.2, 0.25) is 5.02 Å². The van der Waals surface area contributed by atoms with Gasteiger partial charge in [-0.2, -0.15) is 0 Å². The van der Waals surface area contributed by atoms with Gasteiger partial charge in [0.05, 0.1) is 16.6 Å².